The van der Waals surface area contributed by atoms with Crippen molar-refractivity contribution in [3.05, 3.63) is 110 Å². The topological polar surface area (TPSA) is 78.0 Å². The van der Waals surface area contributed by atoms with Gasteiger partial charge in [-0.25, -0.2) is 9.37 Å². The molecule has 0 unspecified atom stereocenters. The van der Waals surface area contributed by atoms with Crippen LogP contribution < -0.4 is 5.56 Å². The number of rotatable bonds is 4. The van der Waals surface area contributed by atoms with Crippen molar-refractivity contribution in [1.82, 2.24) is 9.55 Å². The first kappa shape index (κ1) is 18.2. The number of halogens is 1. The van der Waals surface area contributed by atoms with Crippen molar-refractivity contribution in [3.8, 4) is 5.69 Å². The first-order valence-corrected chi connectivity index (χ1v) is 8.74. The Morgan fingerprint density at radius 3 is 2.34 bits per heavy atom. The normalized spacial score (nSPS) is 11.2. The molecule has 6 nitrogen and oxygen atoms in total. The molecule has 1 heterocycles. The number of nitrogens with zero attached hydrogens (tertiary/aromatic N) is 3. The Morgan fingerprint density at radius 2 is 1.62 bits per heavy atom. The minimum Gasteiger partial charge on any atom is -0.268 e. The number of nitro benzene ring substituents is 1. The molecule has 0 fully saturated rings. The van der Waals surface area contributed by atoms with Crippen LogP contribution in [0, 0.1) is 15.9 Å². The molecule has 4 aromatic rings. The molecule has 0 amide bonds. The van der Waals surface area contributed by atoms with Crippen LogP contribution in [0.5, 0.6) is 0 Å². The van der Waals surface area contributed by atoms with Crippen molar-refractivity contribution in [2.24, 2.45) is 0 Å². The zero-order valence-electron chi connectivity index (χ0n) is 15.0. The molecule has 29 heavy (non-hydrogen) atoms. The molecule has 0 saturated heterocycles. The highest BCUT2D eigenvalue weighted by Gasteiger charge is 2.13. The van der Waals surface area contributed by atoms with Gasteiger partial charge in [0.15, 0.2) is 0 Å². The van der Waals surface area contributed by atoms with E-state index in [-0.39, 0.29) is 22.8 Å². The smallest absolute Gasteiger partial charge is 0.268 e. The van der Waals surface area contributed by atoms with Crippen LogP contribution in [-0.2, 0) is 0 Å². The van der Waals surface area contributed by atoms with Gasteiger partial charge in [-0.1, -0.05) is 30.3 Å². The van der Waals surface area contributed by atoms with Gasteiger partial charge in [0, 0.05) is 12.1 Å². The van der Waals surface area contributed by atoms with E-state index >= 15 is 0 Å². The molecule has 0 spiro atoms. The van der Waals surface area contributed by atoms with Crippen LogP contribution in [-0.4, -0.2) is 14.5 Å². The minimum atomic E-state index is -0.545. The first-order valence-electron chi connectivity index (χ1n) is 8.74. The summed E-state index contributed by atoms with van der Waals surface area (Å²) in [5, 5.41) is 11.2. The summed E-state index contributed by atoms with van der Waals surface area (Å²) < 4.78 is 15.7. The third-order valence-corrected chi connectivity index (χ3v) is 4.42. The summed E-state index contributed by atoms with van der Waals surface area (Å²) in [6.07, 6.45) is 3.25. The van der Waals surface area contributed by atoms with Crippen molar-refractivity contribution in [1.29, 1.82) is 0 Å². The molecular weight excluding hydrogens is 373 g/mol. The third-order valence-electron chi connectivity index (χ3n) is 4.42. The highest BCUT2D eigenvalue weighted by molar-refractivity contribution is 5.80. The molecule has 0 radical (unpaired) electrons. The molecule has 3 aromatic carbocycles. The molecule has 4 rings (SSSR count). The van der Waals surface area contributed by atoms with Gasteiger partial charge in [-0.15, -0.1) is 0 Å². The summed E-state index contributed by atoms with van der Waals surface area (Å²) in [7, 11) is 0. The second-order valence-electron chi connectivity index (χ2n) is 6.26. The average Bonchev–Trinajstić information content (AvgIpc) is 2.73. The quantitative estimate of drug-likeness (QED) is 0.379. The highest BCUT2D eigenvalue weighted by atomic mass is 19.1. The summed E-state index contributed by atoms with van der Waals surface area (Å²) in [6.45, 7) is 0. The summed E-state index contributed by atoms with van der Waals surface area (Å²) in [4.78, 5) is 27.9. The Balaban J connectivity index is 1.89. The number of fused-ring (bicyclic) bond motifs is 1. The van der Waals surface area contributed by atoms with Crippen LogP contribution >= 0.6 is 0 Å². The van der Waals surface area contributed by atoms with Crippen LogP contribution in [0.15, 0.2) is 77.6 Å². The van der Waals surface area contributed by atoms with Gasteiger partial charge in [0.25, 0.3) is 11.2 Å². The fourth-order valence-electron chi connectivity index (χ4n) is 3.01. The van der Waals surface area contributed by atoms with Crippen LogP contribution in [0.4, 0.5) is 10.1 Å². The predicted octanol–water partition coefficient (Wildman–Crippen LogP) is 4.60. The number of benzene rings is 3. The highest BCUT2D eigenvalue weighted by Crippen LogP contribution is 2.18. The van der Waals surface area contributed by atoms with E-state index in [9.17, 15) is 19.3 Å². The molecule has 0 bridgehead atoms. The molecule has 0 aliphatic heterocycles. The van der Waals surface area contributed by atoms with Crippen LogP contribution in [0.1, 0.15) is 11.4 Å². The fourth-order valence-corrected chi connectivity index (χ4v) is 3.01. The number of hydrogen-bond acceptors (Lipinski definition) is 4. The van der Waals surface area contributed by atoms with E-state index in [4.69, 9.17) is 0 Å². The lowest BCUT2D eigenvalue weighted by atomic mass is 10.2. The Hall–Kier alpha value is -4.13. The van der Waals surface area contributed by atoms with Crippen LogP contribution in [0.2, 0.25) is 0 Å². The zero-order valence-corrected chi connectivity index (χ0v) is 15.0. The van der Waals surface area contributed by atoms with Gasteiger partial charge in [0.05, 0.1) is 21.5 Å². The van der Waals surface area contributed by atoms with Gasteiger partial charge >= 0.3 is 0 Å². The third kappa shape index (κ3) is 3.53. The van der Waals surface area contributed by atoms with Gasteiger partial charge in [-0.3, -0.25) is 19.5 Å². The summed E-state index contributed by atoms with van der Waals surface area (Å²) in [5.74, 6) is -0.297. The maximum absolute atomic E-state index is 14.4. The van der Waals surface area contributed by atoms with E-state index < -0.39 is 10.7 Å². The van der Waals surface area contributed by atoms with E-state index in [0.29, 0.717) is 16.5 Å². The molecule has 142 valence electrons. The second kappa shape index (κ2) is 7.47. The summed E-state index contributed by atoms with van der Waals surface area (Å²) >= 11 is 0. The largest absolute Gasteiger partial charge is 0.269 e. The van der Waals surface area contributed by atoms with Crippen LogP contribution in [0.25, 0.3) is 28.7 Å². The molecule has 0 saturated carbocycles. The number of para-hydroxylation sites is 2. The predicted molar refractivity (Wildman–Crippen MR) is 109 cm³/mol. The van der Waals surface area contributed by atoms with Crippen molar-refractivity contribution in [3.63, 3.8) is 0 Å². The molecular formula is C22H14FN3O3. The van der Waals surface area contributed by atoms with Crippen molar-refractivity contribution >= 4 is 28.7 Å². The lowest BCUT2D eigenvalue weighted by Crippen LogP contribution is -2.23. The second-order valence-corrected chi connectivity index (χ2v) is 6.26. The summed E-state index contributed by atoms with van der Waals surface area (Å²) in [5.41, 5.74) is 0.865. The van der Waals surface area contributed by atoms with Crippen molar-refractivity contribution < 1.29 is 9.31 Å². The number of non-ortho nitro benzene ring substituents is 1. The maximum atomic E-state index is 14.4. The Morgan fingerprint density at radius 1 is 0.931 bits per heavy atom. The van der Waals surface area contributed by atoms with Gasteiger partial charge in [0.1, 0.15) is 11.6 Å². The number of aromatic nitrogens is 2. The Labute approximate surface area is 164 Å². The average molecular weight is 387 g/mol. The van der Waals surface area contributed by atoms with E-state index in [1.54, 1.807) is 60.7 Å². The number of hydrogen-bond donors (Lipinski definition) is 0. The first-order chi connectivity index (χ1) is 14.0. The van der Waals surface area contributed by atoms with E-state index in [1.807, 2.05) is 0 Å². The Kier molecular flexibility index (Phi) is 4.70. The van der Waals surface area contributed by atoms with Gasteiger partial charge in [-0.2, -0.15) is 0 Å². The van der Waals surface area contributed by atoms with Crippen molar-refractivity contribution in [2.75, 3.05) is 0 Å². The molecule has 7 heteroatoms. The van der Waals surface area contributed by atoms with Crippen LogP contribution in [0.3, 0.4) is 0 Å². The van der Waals surface area contributed by atoms with Crippen molar-refractivity contribution in [2.45, 2.75) is 0 Å². The number of nitro groups is 1. The standard InChI is InChI=1S/C22H14FN3O3/c23-18-6-2-4-8-20(18)25-21(24-19-7-3-1-5-17(19)22(25)27)14-11-15-9-12-16(13-10-15)26(28)29/h1-14H. The lowest BCUT2D eigenvalue weighted by Gasteiger charge is -2.12. The van der Waals surface area contributed by atoms with E-state index in [1.165, 1.54) is 28.8 Å². The van der Waals surface area contributed by atoms with E-state index in [2.05, 4.69) is 4.98 Å². The van der Waals surface area contributed by atoms with Gasteiger partial charge < -0.3 is 0 Å². The molecule has 0 aliphatic rings. The minimum absolute atomic E-state index is 0.0192. The maximum Gasteiger partial charge on any atom is 0.269 e. The van der Waals surface area contributed by atoms with E-state index in [0.717, 1.165) is 0 Å². The molecule has 0 N–H and O–H groups in total. The summed E-state index contributed by atoms with van der Waals surface area (Å²) in [6, 6.07) is 18.8. The molecule has 1 aromatic heterocycles. The van der Waals surface area contributed by atoms with Gasteiger partial charge in [0.2, 0.25) is 0 Å². The molecule has 0 atom stereocenters. The lowest BCUT2D eigenvalue weighted by molar-refractivity contribution is -0.384. The monoisotopic (exact) mass is 387 g/mol. The fraction of sp³-hybridized carbons (Fsp3) is 0. The van der Waals surface area contributed by atoms with Gasteiger partial charge in [-0.05, 0) is 48.0 Å². The Bertz CT molecular complexity index is 1310. The zero-order chi connectivity index (χ0) is 20.4. The molecule has 0 aliphatic carbocycles. The SMILES string of the molecule is O=c1c2ccccc2nc(C=Cc2ccc([N+](=O)[O-])cc2)n1-c1ccccc1F.